The van der Waals surface area contributed by atoms with Crippen molar-refractivity contribution >= 4 is 29.3 Å². The molecule has 9 heteroatoms. The monoisotopic (exact) mass is 336 g/mol. The third kappa shape index (κ3) is 4.55. The van der Waals surface area contributed by atoms with Gasteiger partial charge in [0.1, 0.15) is 11.5 Å². The van der Waals surface area contributed by atoms with Crippen LogP contribution in [0.3, 0.4) is 0 Å². The van der Waals surface area contributed by atoms with Gasteiger partial charge in [-0.25, -0.2) is 0 Å². The molecule has 0 saturated heterocycles. The van der Waals surface area contributed by atoms with Gasteiger partial charge in [-0.3, -0.25) is 30.2 Å². The van der Waals surface area contributed by atoms with Crippen LogP contribution < -0.4 is 16.2 Å². The van der Waals surface area contributed by atoms with Gasteiger partial charge in [0.15, 0.2) is 0 Å². The van der Waals surface area contributed by atoms with Crippen molar-refractivity contribution in [2.45, 2.75) is 6.92 Å². The van der Waals surface area contributed by atoms with Crippen LogP contribution in [-0.4, -0.2) is 29.3 Å². The fraction of sp³-hybridized carbons (Fsp3) is 0.143. The molecule has 2 heterocycles. The van der Waals surface area contributed by atoms with Crippen LogP contribution in [0.25, 0.3) is 0 Å². The molecule has 3 N–H and O–H groups in total. The molecule has 0 radical (unpaired) electrons. The van der Waals surface area contributed by atoms with Gasteiger partial charge in [-0.15, -0.1) is 0 Å². The van der Waals surface area contributed by atoms with Crippen molar-refractivity contribution in [1.29, 1.82) is 0 Å². The van der Waals surface area contributed by atoms with E-state index >= 15 is 0 Å². The zero-order valence-corrected chi connectivity index (χ0v) is 12.8. The van der Waals surface area contributed by atoms with E-state index in [1.807, 2.05) is 0 Å². The van der Waals surface area contributed by atoms with E-state index in [0.717, 1.165) is 0 Å². The standard InChI is InChI=1S/C14H13ClN4O4/c1-8-10(3-5-23-8)13(21)19-18-12(20)7-17-14(22)11-6-9(15)2-4-16-11/h2-6H,7H2,1H3,(H,17,22)(H,18,20)(H,19,21). The fourth-order valence-corrected chi connectivity index (χ4v) is 1.80. The molecule has 0 atom stereocenters. The van der Waals surface area contributed by atoms with Gasteiger partial charge in [-0.1, -0.05) is 11.6 Å². The average Bonchev–Trinajstić information content (AvgIpc) is 2.96. The number of aryl methyl sites for hydroxylation is 1. The zero-order chi connectivity index (χ0) is 16.8. The minimum atomic E-state index is -0.602. The first kappa shape index (κ1) is 16.5. The summed E-state index contributed by atoms with van der Waals surface area (Å²) in [6, 6.07) is 4.38. The van der Waals surface area contributed by atoms with Crippen LogP contribution >= 0.6 is 11.6 Å². The molecule has 0 unspecified atom stereocenters. The molecule has 120 valence electrons. The van der Waals surface area contributed by atoms with Gasteiger partial charge in [0.2, 0.25) is 0 Å². The van der Waals surface area contributed by atoms with E-state index in [-0.39, 0.29) is 12.2 Å². The normalized spacial score (nSPS) is 10.0. The minimum Gasteiger partial charge on any atom is -0.469 e. The number of hydrogen-bond donors (Lipinski definition) is 3. The minimum absolute atomic E-state index is 0.0864. The van der Waals surface area contributed by atoms with Gasteiger partial charge in [0.05, 0.1) is 18.4 Å². The highest BCUT2D eigenvalue weighted by atomic mass is 35.5. The predicted octanol–water partition coefficient (Wildman–Crippen LogP) is 0.827. The highest BCUT2D eigenvalue weighted by molar-refractivity contribution is 6.30. The van der Waals surface area contributed by atoms with Gasteiger partial charge in [-0.05, 0) is 25.1 Å². The van der Waals surface area contributed by atoms with Crippen LogP contribution in [0.15, 0.2) is 35.1 Å². The van der Waals surface area contributed by atoms with Crippen molar-refractivity contribution in [3.63, 3.8) is 0 Å². The first-order valence-corrected chi connectivity index (χ1v) is 6.88. The summed E-state index contributed by atoms with van der Waals surface area (Å²) in [5.74, 6) is -1.25. The van der Waals surface area contributed by atoms with Crippen LogP contribution in [-0.2, 0) is 4.79 Å². The lowest BCUT2D eigenvalue weighted by atomic mass is 10.2. The van der Waals surface area contributed by atoms with E-state index in [4.69, 9.17) is 16.0 Å². The Kier molecular flexibility index (Phi) is 5.32. The molecule has 2 rings (SSSR count). The molecular weight excluding hydrogens is 324 g/mol. The van der Waals surface area contributed by atoms with Gasteiger partial charge < -0.3 is 9.73 Å². The predicted molar refractivity (Wildman–Crippen MR) is 80.6 cm³/mol. The van der Waals surface area contributed by atoms with E-state index < -0.39 is 17.7 Å². The third-order valence-electron chi connectivity index (χ3n) is 2.78. The molecule has 0 aliphatic carbocycles. The van der Waals surface area contributed by atoms with E-state index in [9.17, 15) is 14.4 Å². The Morgan fingerprint density at radius 3 is 2.65 bits per heavy atom. The molecule has 0 aliphatic rings. The first-order valence-electron chi connectivity index (χ1n) is 6.50. The number of nitrogens with one attached hydrogen (secondary N) is 3. The van der Waals surface area contributed by atoms with Crippen LogP contribution in [0.1, 0.15) is 26.6 Å². The number of aromatic nitrogens is 1. The van der Waals surface area contributed by atoms with Crippen LogP contribution in [0.5, 0.6) is 0 Å². The van der Waals surface area contributed by atoms with Crippen molar-refractivity contribution in [1.82, 2.24) is 21.2 Å². The molecule has 2 aromatic heterocycles. The summed E-state index contributed by atoms with van der Waals surface area (Å²) in [4.78, 5) is 38.9. The smallest absolute Gasteiger partial charge is 0.273 e. The highest BCUT2D eigenvalue weighted by Gasteiger charge is 2.13. The van der Waals surface area contributed by atoms with Gasteiger partial charge in [0.25, 0.3) is 17.7 Å². The molecule has 0 aliphatic heterocycles. The second-order valence-electron chi connectivity index (χ2n) is 4.43. The Labute approximate surface area is 136 Å². The Morgan fingerprint density at radius 1 is 1.22 bits per heavy atom. The summed E-state index contributed by atoms with van der Waals surface area (Å²) >= 11 is 5.74. The largest absolute Gasteiger partial charge is 0.469 e. The number of carbonyl (C=O) groups is 3. The molecular formula is C14H13ClN4O4. The molecule has 0 fully saturated rings. The van der Waals surface area contributed by atoms with Crippen molar-refractivity contribution < 1.29 is 18.8 Å². The molecule has 2 aromatic rings. The lowest BCUT2D eigenvalue weighted by Gasteiger charge is -2.08. The maximum absolute atomic E-state index is 11.8. The summed E-state index contributed by atoms with van der Waals surface area (Å²) in [6.45, 7) is 1.28. The number of nitrogens with zero attached hydrogens (tertiary/aromatic N) is 1. The number of carbonyl (C=O) groups excluding carboxylic acids is 3. The molecule has 0 spiro atoms. The number of pyridine rings is 1. The molecule has 0 bridgehead atoms. The van der Waals surface area contributed by atoms with E-state index in [2.05, 4.69) is 21.2 Å². The SMILES string of the molecule is Cc1occc1C(=O)NNC(=O)CNC(=O)c1cc(Cl)ccn1. The van der Waals surface area contributed by atoms with Crippen molar-refractivity contribution in [3.05, 3.63) is 52.7 Å². The molecule has 3 amide bonds. The van der Waals surface area contributed by atoms with Gasteiger partial charge >= 0.3 is 0 Å². The van der Waals surface area contributed by atoms with Crippen LogP contribution in [0.2, 0.25) is 5.02 Å². The summed E-state index contributed by atoms with van der Waals surface area (Å²) in [6.07, 6.45) is 2.75. The Hall–Kier alpha value is -2.87. The molecule has 23 heavy (non-hydrogen) atoms. The number of furan rings is 1. The fourth-order valence-electron chi connectivity index (χ4n) is 1.64. The van der Waals surface area contributed by atoms with Crippen LogP contribution in [0.4, 0.5) is 0 Å². The quantitative estimate of drug-likeness (QED) is 0.716. The van der Waals surface area contributed by atoms with Crippen LogP contribution in [0, 0.1) is 6.92 Å². The Morgan fingerprint density at radius 2 is 2.00 bits per heavy atom. The highest BCUT2D eigenvalue weighted by Crippen LogP contribution is 2.08. The first-order chi connectivity index (χ1) is 11.0. The second-order valence-corrected chi connectivity index (χ2v) is 4.87. The third-order valence-corrected chi connectivity index (χ3v) is 3.02. The zero-order valence-electron chi connectivity index (χ0n) is 12.1. The Bertz CT molecular complexity index is 744. The lowest BCUT2D eigenvalue weighted by Crippen LogP contribution is -2.46. The van der Waals surface area contributed by atoms with Crippen molar-refractivity contribution in [2.75, 3.05) is 6.54 Å². The molecule has 0 aromatic carbocycles. The van der Waals surface area contributed by atoms with Gasteiger partial charge in [0, 0.05) is 11.2 Å². The van der Waals surface area contributed by atoms with E-state index in [0.29, 0.717) is 16.3 Å². The number of hydrazine groups is 1. The average molecular weight is 337 g/mol. The van der Waals surface area contributed by atoms with Crippen molar-refractivity contribution in [3.8, 4) is 0 Å². The number of hydrogen-bond acceptors (Lipinski definition) is 5. The molecule has 0 saturated carbocycles. The number of amides is 3. The lowest BCUT2D eigenvalue weighted by molar-refractivity contribution is -0.120. The Balaban J connectivity index is 1.78. The number of halogens is 1. The summed E-state index contributed by atoms with van der Waals surface area (Å²) < 4.78 is 4.98. The van der Waals surface area contributed by atoms with E-state index in [1.165, 1.54) is 30.7 Å². The summed E-state index contributed by atoms with van der Waals surface area (Å²) in [7, 11) is 0. The maximum atomic E-state index is 11.8. The topological polar surface area (TPSA) is 113 Å². The second kappa shape index (κ2) is 7.41. The van der Waals surface area contributed by atoms with Gasteiger partial charge in [-0.2, -0.15) is 0 Å². The number of rotatable bonds is 4. The maximum Gasteiger partial charge on any atom is 0.273 e. The summed E-state index contributed by atoms with van der Waals surface area (Å²) in [5, 5.41) is 2.71. The summed E-state index contributed by atoms with van der Waals surface area (Å²) in [5.41, 5.74) is 4.78. The van der Waals surface area contributed by atoms with Crippen molar-refractivity contribution in [2.24, 2.45) is 0 Å². The molecule has 8 nitrogen and oxygen atoms in total. The van der Waals surface area contributed by atoms with E-state index in [1.54, 1.807) is 6.92 Å².